The summed E-state index contributed by atoms with van der Waals surface area (Å²) in [6.07, 6.45) is 0.656. The van der Waals surface area contributed by atoms with Gasteiger partial charge in [-0.05, 0) is 30.3 Å². The summed E-state index contributed by atoms with van der Waals surface area (Å²) in [4.78, 5) is 21.1. The molecule has 0 aliphatic carbocycles. The molecule has 2 rings (SSSR count). The highest BCUT2D eigenvalue weighted by Crippen LogP contribution is 2.28. The van der Waals surface area contributed by atoms with Crippen LogP contribution in [-0.2, 0) is 0 Å². The Morgan fingerprint density at radius 1 is 1.10 bits per heavy atom. The summed E-state index contributed by atoms with van der Waals surface area (Å²) in [5.41, 5.74) is 0.311. The highest BCUT2D eigenvalue weighted by atomic mass is 16.6. The van der Waals surface area contributed by atoms with Crippen LogP contribution in [0.25, 0.3) is 0 Å². The van der Waals surface area contributed by atoms with Gasteiger partial charge in [0.1, 0.15) is 17.2 Å². The molecule has 0 amide bonds. The van der Waals surface area contributed by atoms with E-state index < -0.39 is 4.92 Å². The van der Waals surface area contributed by atoms with E-state index in [1.54, 1.807) is 18.2 Å². The van der Waals surface area contributed by atoms with Crippen molar-refractivity contribution < 1.29 is 19.2 Å². The van der Waals surface area contributed by atoms with Crippen molar-refractivity contribution in [3.8, 4) is 17.2 Å². The number of hydrogen-bond acceptors (Lipinski definition) is 5. The second kappa shape index (κ2) is 5.83. The third-order valence-corrected chi connectivity index (χ3v) is 2.62. The Morgan fingerprint density at radius 2 is 1.75 bits per heavy atom. The van der Waals surface area contributed by atoms with Crippen molar-refractivity contribution in [2.24, 2.45) is 0 Å². The number of nitro groups is 1. The largest absolute Gasteiger partial charge is 0.497 e. The van der Waals surface area contributed by atoms with Crippen LogP contribution in [0.15, 0.2) is 42.5 Å². The number of hydrogen-bond donors (Lipinski definition) is 0. The summed E-state index contributed by atoms with van der Waals surface area (Å²) >= 11 is 0. The maximum Gasteiger partial charge on any atom is 0.269 e. The van der Waals surface area contributed by atoms with Gasteiger partial charge in [-0.1, -0.05) is 0 Å². The number of carbonyl (C=O) groups excluding carboxylic acids is 1. The fourth-order valence-corrected chi connectivity index (χ4v) is 1.60. The van der Waals surface area contributed by atoms with E-state index in [2.05, 4.69) is 0 Å². The highest BCUT2D eigenvalue weighted by Gasteiger charge is 2.08. The van der Waals surface area contributed by atoms with Crippen molar-refractivity contribution >= 4 is 12.0 Å². The molecule has 20 heavy (non-hydrogen) atoms. The molecule has 0 aromatic heterocycles. The first-order chi connectivity index (χ1) is 9.63. The zero-order chi connectivity index (χ0) is 14.5. The standard InChI is InChI=1S/C14H11NO5/c1-19-13-6-7-14(10(8-13)9-16)20-12-4-2-11(3-5-12)15(17)18/h2-9H,1H3. The fraction of sp³-hybridized carbons (Fsp3) is 0.0714. The monoisotopic (exact) mass is 273 g/mol. The molecule has 0 fully saturated rings. The quantitative estimate of drug-likeness (QED) is 0.475. The van der Waals surface area contributed by atoms with Crippen molar-refractivity contribution in [3.63, 3.8) is 0 Å². The van der Waals surface area contributed by atoms with Crippen LogP contribution >= 0.6 is 0 Å². The summed E-state index contributed by atoms with van der Waals surface area (Å²) in [5, 5.41) is 10.5. The van der Waals surface area contributed by atoms with E-state index in [0.717, 1.165) is 0 Å². The van der Waals surface area contributed by atoms with E-state index in [1.165, 1.54) is 31.4 Å². The van der Waals surface area contributed by atoms with Crippen LogP contribution in [0.1, 0.15) is 10.4 Å². The molecule has 2 aromatic carbocycles. The molecule has 102 valence electrons. The van der Waals surface area contributed by atoms with Crippen LogP contribution in [0.4, 0.5) is 5.69 Å². The maximum atomic E-state index is 11.0. The van der Waals surface area contributed by atoms with Gasteiger partial charge >= 0.3 is 0 Å². The Balaban J connectivity index is 2.25. The Hall–Kier alpha value is -2.89. The number of nitrogens with zero attached hydrogens (tertiary/aromatic N) is 1. The molecule has 0 heterocycles. The molecule has 0 bridgehead atoms. The molecule has 6 heteroatoms. The molecule has 0 saturated heterocycles. The van der Waals surface area contributed by atoms with Gasteiger partial charge in [0.2, 0.25) is 0 Å². The van der Waals surface area contributed by atoms with E-state index in [0.29, 0.717) is 29.1 Å². The summed E-state index contributed by atoms with van der Waals surface area (Å²) in [7, 11) is 1.50. The second-order valence-corrected chi connectivity index (χ2v) is 3.87. The number of benzene rings is 2. The first kappa shape index (κ1) is 13.5. The molecule has 0 aliphatic rings. The first-order valence-corrected chi connectivity index (χ1v) is 5.69. The van der Waals surface area contributed by atoms with Crippen molar-refractivity contribution in [1.82, 2.24) is 0 Å². The topological polar surface area (TPSA) is 78.7 Å². The van der Waals surface area contributed by atoms with Gasteiger partial charge in [-0.2, -0.15) is 0 Å². The summed E-state index contributed by atoms with van der Waals surface area (Å²) in [5.74, 6) is 1.31. The smallest absolute Gasteiger partial charge is 0.269 e. The number of ether oxygens (including phenoxy) is 2. The predicted molar refractivity (Wildman–Crippen MR) is 71.6 cm³/mol. The predicted octanol–water partition coefficient (Wildman–Crippen LogP) is 3.21. The van der Waals surface area contributed by atoms with Gasteiger partial charge in [-0.3, -0.25) is 14.9 Å². The van der Waals surface area contributed by atoms with Crippen LogP contribution in [0.2, 0.25) is 0 Å². The molecule has 0 atom stereocenters. The Bertz CT molecular complexity index is 637. The van der Waals surface area contributed by atoms with Gasteiger partial charge in [-0.15, -0.1) is 0 Å². The van der Waals surface area contributed by atoms with Gasteiger partial charge in [0.05, 0.1) is 17.6 Å². The SMILES string of the molecule is COc1ccc(Oc2ccc([N+](=O)[O-])cc2)c(C=O)c1. The molecular formula is C14H11NO5. The molecule has 0 radical (unpaired) electrons. The minimum Gasteiger partial charge on any atom is -0.497 e. The summed E-state index contributed by atoms with van der Waals surface area (Å²) < 4.78 is 10.5. The van der Waals surface area contributed by atoms with Gasteiger partial charge in [0, 0.05) is 12.1 Å². The van der Waals surface area contributed by atoms with Gasteiger partial charge < -0.3 is 9.47 Å². The Kier molecular flexibility index (Phi) is 3.95. The molecule has 0 unspecified atom stereocenters. The molecule has 6 nitrogen and oxygen atoms in total. The fourth-order valence-electron chi connectivity index (χ4n) is 1.60. The second-order valence-electron chi connectivity index (χ2n) is 3.87. The van der Waals surface area contributed by atoms with E-state index >= 15 is 0 Å². The first-order valence-electron chi connectivity index (χ1n) is 5.69. The lowest BCUT2D eigenvalue weighted by molar-refractivity contribution is -0.384. The van der Waals surface area contributed by atoms with E-state index in [4.69, 9.17) is 9.47 Å². The average Bonchev–Trinajstić information content (AvgIpc) is 2.48. The Labute approximate surface area is 114 Å². The molecule has 0 aliphatic heterocycles. The number of non-ortho nitro benzene ring substituents is 1. The van der Waals surface area contributed by atoms with Gasteiger partial charge in [0.25, 0.3) is 5.69 Å². The number of nitro benzene ring substituents is 1. The molecule has 2 aromatic rings. The maximum absolute atomic E-state index is 11.0. The average molecular weight is 273 g/mol. The summed E-state index contributed by atoms with van der Waals surface area (Å²) in [6.45, 7) is 0. The Morgan fingerprint density at radius 3 is 2.30 bits per heavy atom. The molecule has 0 spiro atoms. The van der Waals surface area contributed by atoms with Crippen molar-refractivity contribution in [2.75, 3.05) is 7.11 Å². The van der Waals surface area contributed by atoms with Crippen LogP contribution in [0.5, 0.6) is 17.2 Å². The highest BCUT2D eigenvalue weighted by molar-refractivity contribution is 5.80. The zero-order valence-electron chi connectivity index (χ0n) is 10.6. The zero-order valence-corrected chi connectivity index (χ0v) is 10.6. The number of methoxy groups -OCH3 is 1. The number of carbonyl (C=O) groups is 1. The van der Waals surface area contributed by atoms with Crippen LogP contribution in [0.3, 0.4) is 0 Å². The lowest BCUT2D eigenvalue weighted by Crippen LogP contribution is -1.93. The number of aldehydes is 1. The van der Waals surface area contributed by atoms with E-state index in [9.17, 15) is 14.9 Å². The van der Waals surface area contributed by atoms with Crippen LogP contribution in [-0.4, -0.2) is 18.3 Å². The van der Waals surface area contributed by atoms with Crippen LogP contribution < -0.4 is 9.47 Å². The normalized spacial score (nSPS) is 9.85. The van der Waals surface area contributed by atoms with Crippen molar-refractivity contribution in [2.45, 2.75) is 0 Å². The lowest BCUT2D eigenvalue weighted by Gasteiger charge is -2.09. The third kappa shape index (κ3) is 2.92. The molecule has 0 saturated carbocycles. The lowest BCUT2D eigenvalue weighted by atomic mass is 10.2. The van der Waals surface area contributed by atoms with E-state index in [1.807, 2.05) is 0 Å². The number of rotatable bonds is 5. The van der Waals surface area contributed by atoms with Crippen molar-refractivity contribution in [1.29, 1.82) is 0 Å². The molecule has 0 N–H and O–H groups in total. The van der Waals surface area contributed by atoms with Gasteiger partial charge in [-0.25, -0.2) is 0 Å². The minimum atomic E-state index is -0.492. The van der Waals surface area contributed by atoms with Crippen molar-refractivity contribution in [3.05, 3.63) is 58.1 Å². The third-order valence-electron chi connectivity index (χ3n) is 2.62. The van der Waals surface area contributed by atoms with Crippen LogP contribution in [0, 0.1) is 10.1 Å². The van der Waals surface area contributed by atoms with E-state index in [-0.39, 0.29) is 5.69 Å². The molecular weight excluding hydrogens is 262 g/mol. The van der Waals surface area contributed by atoms with Gasteiger partial charge in [0.15, 0.2) is 6.29 Å². The minimum absolute atomic E-state index is 0.0253. The summed E-state index contributed by atoms with van der Waals surface area (Å²) in [6, 6.07) is 10.4.